The van der Waals surface area contributed by atoms with Crippen LogP contribution >= 0.6 is 0 Å². The molecule has 1 unspecified atom stereocenters. The number of aromatic nitrogens is 2. The minimum Gasteiger partial charge on any atom is -0.480 e. The number of hydrogen-bond acceptors (Lipinski definition) is 3. The minimum atomic E-state index is -0.835. The molecule has 0 amide bonds. The SMILES string of the molecule is Cc1nccn1CCC(C)(NC1CC1)C(=O)O. The molecule has 2 N–H and O–H groups in total. The van der Waals surface area contributed by atoms with Crippen molar-refractivity contribution in [1.29, 1.82) is 0 Å². The summed E-state index contributed by atoms with van der Waals surface area (Å²) >= 11 is 0. The summed E-state index contributed by atoms with van der Waals surface area (Å²) in [6.07, 6.45) is 6.37. The molecule has 1 atom stereocenters. The van der Waals surface area contributed by atoms with Crippen LogP contribution in [0.2, 0.25) is 0 Å². The number of nitrogens with zero attached hydrogens (tertiary/aromatic N) is 2. The third-order valence-electron chi connectivity index (χ3n) is 3.35. The Morgan fingerprint density at radius 2 is 2.41 bits per heavy atom. The van der Waals surface area contributed by atoms with Gasteiger partial charge < -0.3 is 9.67 Å². The quantitative estimate of drug-likeness (QED) is 0.779. The lowest BCUT2D eigenvalue weighted by molar-refractivity contribution is -0.144. The van der Waals surface area contributed by atoms with E-state index in [1.807, 2.05) is 17.7 Å². The van der Waals surface area contributed by atoms with E-state index in [9.17, 15) is 9.90 Å². The van der Waals surface area contributed by atoms with Crippen LogP contribution in [-0.2, 0) is 11.3 Å². The zero-order valence-electron chi connectivity index (χ0n) is 10.3. The maximum absolute atomic E-state index is 11.3. The molecule has 0 bridgehead atoms. The van der Waals surface area contributed by atoms with Crippen LogP contribution < -0.4 is 5.32 Å². The normalized spacial score (nSPS) is 18.9. The fourth-order valence-electron chi connectivity index (χ4n) is 1.90. The molecule has 94 valence electrons. The molecule has 1 heterocycles. The highest BCUT2D eigenvalue weighted by Gasteiger charge is 2.38. The van der Waals surface area contributed by atoms with E-state index in [1.54, 1.807) is 13.1 Å². The first kappa shape index (κ1) is 12.1. The highest BCUT2D eigenvalue weighted by Crippen LogP contribution is 2.24. The van der Waals surface area contributed by atoms with Crippen LogP contribution in [0.25, 0.3) is 0 Å². The van der Waals surface area contributed by atoms with Crippen LogP contribution in [0.15, 0.2) is 12.4 Å². The topological polar surface area (TPSA) is 67.2 Å². The highest BCUT2D eigenvalue weighted by molar-refractivity contribution is 5.78. The largest absolute Gasteiger partial charge is 0.480 e. The van der Waals surface area contributed by atoms with Crippen molar-refractivity contribution in [3.05, 3.63) is 18.2 Å². The Morgan fingerprint density at radius 1 is 1.71 bits per heavy atom. The van der Waals surface area contributed by atoms with Crippen LogP contribution in [0.5, 0.6) is 0 Å². The molecular weight excluding hydrogens is 218 g/mol. The van der Waals surface area contributed by atoms with E-state index in [0.717, 1.165) is 18.7 Å². The van der Waals surface area contributed by atoms with Gasteiger partial charge in [0.05, 0.1) is 0 Å². The van der Waals surface area contributed by atoms with E-state index in [0.29, 0.717) is 19.0 Å². The van der Waals surface area contributed by atoms with Gasteiger partial charge in [0.1, 0.15) is 11.4 Å². The van der Waals surface area contributed by atoms with Gasteiger partial charge in [-0.15, -0.1) is 0 Å². The number of imidazole rings is 1. The number of carbonyl (C=O) groups is 1. The Hall–Kier alpha value is -1.36. The molecule has 0 aliphatic heterocycles. The molecule has 5 heteroatoms. The van der Waals surface area contributed by atoms with Crippen LogP contribution in [-0.4, -0.2) is 32.2 Å². The third-order valence-corrected chi connectivity index (χ3v) is 3.35. The van der Waals surface area contributed by atoms with Gasteiger partial charge in [0, 0.05) is 25.0 Å². The lowest BCUT2D eigenvalue weighted by Crippen LogP contribution is -2.51. The maximum atomic E-state index is 11.3. The van der Waals surface area contributed by atoms with Gasteiger partial charge in [-0.1, -0.05) is 0 Å². The number of carboxylic acids is 1. The van der Waals surface area contributed by atoms with Crippen molar-refractivity contribution in [3.63, 3.8) is 0 Å². The van der Waals surface area contributed by atoms with E-state index in [-0.39, 0.29) is 0 Å². The standard InChI is InChI=1S/C12H19N3O2/c1-9-13-6-8-15(9)7-5-12(2,11(16)17)14-10-3-4-10/h6,8,10,14H,3-5,7H2,1-2H3,(H,16,17). The van der Waals surface area contributed by atoms with Crippen molar-refractivity contribution in [2.45, 2.75) is 51.2 Å². The number of rotatable bonds is 6. The zero-order valence-corrected chi connectivity index (χ0v) is 10.3. The number of hydrogen-bond donors (Lipinski definition) is 2. The summed E-state index contributed by atoms with van der Waals surface area (Å²) in [6, 6.07) is 0.389. The second-order valence-corrected chi connectivity index (χ2v) is 4.97. The zero-order chi connectivity index (χ0) is 12.5. The molecule has 1 aromatic rings. The Labute approximate surface area is 101 Å². The van der Waals surface area contributed by atoms with Gasteiger partial charge in [-0.25, -0.2) is 4.98 Å². The summed E-state index contributed by atoms with van der Waals surface area (Å²) in [7, 11) is 0. The minimum absolute atomic E-state index is 0.389. The second-order valence-electron chi connectivity index (χ2n) is 4.97. The molecule has 0 spiro atoms. The highest BCUT2D eigenvalue weighted by atomic mass is 16.4. The molecule has 0 aromatic carbocycles. The summed E-state index contributed by atoms with van der Waals surface area (Å²) < 4.78 is 1.98. The van der Waals surface area contributed by atoms with E-state index in [4.69, 9.17) is 0 Å². The Kier molecular flexibility index (Phi) is 3.19. The first-order valence-corrected chi connectivity index (χ1v) is 6.00. The number of carboxylic acid groups (broad SMARTS) is 1. The van der Waals surface area contributed by atoms with E-state index in [2.05, 4.69) is 10.3 Å². The van der Waals surface area contributed by atoms with Gasteiger partial charge >= 0.3 is 5.97 Å². The van der Waals surface area contributed by atoms with Gasteiger partial charge in [0.25, 0.3) is 0 Å². The number of aliphatic carboxylic acids is 1. The fraction of sp³-hybridized carbons (Fsp3) is 0.667. The smallest absolute Gasteiger partial charge is 0.323 e. The molecule has 1 fully saturated rings. The Morgan fingerprint density at radius 3 is 2.88 bits per heavy atom. The first-order chi connectivity index (χ1) is 8.01. The monoisotopic (exact) mass is 237 g/mol. The molecule has 1 aliphatic rings. The third kappa shape index (κ3) is 2.85. The van der Waals surface area contributed by atoms with Gasteiger partial charge in [-0.3, -0.25) is 10.1 Å². The average molecular weight is 237 g/mol. The van der Waals surface area contributed by atoms with E-state index >= 15 is 0 Å². The van der Waals surface area contributed by atoms with Gasteiger partial charge in [-0.2, -0.15) is 0 Å². The molecule has 0 saturated heterocycles. The fourth-order valence-corrected chi connectivity index (χ4v) is 1.90. The molecule has 1 saturated carbocycles. The molecule has 1 aliphatic carbocycles. The summed E-state index contributed by atoms with van der Waals surface area (Å²) in [6.45, 7) is 4.36. The predicted molar refractivity (Wildman–Crippen MR) is 63.8 cm³/mol. The van der Waals surface area contributed by atoms with Crippen LogP contribution in [0.1, 0.15) is 32.0 Å². The van der Waals surface area contributed by atoms with Crippen molar-refractivity contribution >= 4 is 5.97 Å². The molecule has 2 rings (SSSR count). The average Bonchev–Trinajstić information content (AvgIpc) is 2.97. The molecular formula is C12H19N3O2. The van der Waals surface area contributed by atoms with Crippen molar-refractivity contribution in [2.24, 2.45) is 0 Å². The summed E-state index contributed by atoms with van der Waals surface area (Å²) in [5.74, 6) is 0.145. The molecule has 1 aromatic heterocycles. The van der Waals surface area contributed by atoms with Crippen molar-refractivity contribution < 1.29 is 9.90 Å². The van der Waals surface area contributed by atoms with Crippen molar-refractivity contribution in [1.82, 2.24) is 14.9 Å². The van der Waals surface area contributed by atoms with Crippen LogP contribution in [0, 0.1) is 6.92 Å². The van der Waals surface area contributed by atoms with E-state index < -0.39 is 11.5 Å². The van der Waals surface area contributed by atoms with Crippen molar-refractivity contribution in [2.75, 3.05) is 0 Å². The van der Waals surface area contributed by atoms with Crippen LogP contribution in [0.4, 0.5) is 0 Å². The van der Waals surface area contributed by atoms with Gasteiger partial charge in [0.2, 0.25) is 0 Å². The number of nitrogens with one attached hydrogen (secondary N) is 1. The Balaban J connectivity index is 1.97. The lowest BCUT2D eigenvalue weighted by atomic mass is 9.97. The second kappa shape index (κ2) is 4.49. The van der Waals surface area contributed by atoms with Crippen LogP contribution in [0.3, 0.4) is 0 Å². The molecule has 5 nitrogen and oxygen atoms in total. The van der Waals surface area contributed by atoms with Gasteiger partial charge in [0.15, 0.2) is 0 Å². The van der Waals surface area contributed by atoms with E-state index in [1.165, 1.54) is 0 Å². The van der Waals surface area contributed by atoms with Gasteiger partial charge in [-0.05, 0) is 33.1 Å². The molecule has 0 radical (unpaired) electrons. The number of aryl methyl sites for hydroxylation is 2. The Bertz CT molecular complexity index is 412. The summed E-state index contributed by atoms with van der Waals surface area (Å²) in [4.78, 5) is 15.5. The predicted octanol–water partition coefficient (Wildman–Crippen LogP) is 1.18. The maximum Gasteiger partial charge on any atom is 0.323 e. The summed E-state index contributed by atoms with van der Waals surface area (Å²) in [5, 5.41) is 12.5. The lowest BCUT2D eigenvalue weighted by Gasteiger charge is -2.26. The first-order valence-electron chi connectivity index (χ1n) is 6.00. The summed E-state index contributed by atoms with van der Waals surface area (Å²) in [5.41, 5.74) is -0.835. The van der Waals surface area contributed by atoms with Crippen molar-refractivity contribution in [3.8, 4) is 0 Å². The molecule has 17 heavy (non-hydrogen) atoms.